The van der Waals surface area contributed by atoms with Crippen molar-refractivity contribution >= 4 is 23.2 Å². The highest BCUT2D eigenvalue weighted by molar-refractivity contribution is 6.31. The van der Waals surface area contributed by atoms with Crippen molar-refractivity contribution in [3.63, 3.8) is 0 Å². The highest BCUT2D eigenvalue weighted by Crippen LogP contribution is 2.46. The lowest BCUT2D eigenvalue weighted by Crippen LogP contribution is -2.21. The monoisotopic (exact) mass is 488 g/mol. The minimum Gasteiger partial charge on any atom is -0.489 e. The molecule has 5 rings (SSSR count). The number of halogens is 2. The van der Waals surface area contributed by atoms with Crippen molar-refractivity contribution in [2.24, 2.45) is 5.73 Å². The molecule has 6 nitrogen and oxygen atoms in total. The van der Waals surface area contributed by atoms with Crippen LogP contribution < -0.4 is 15.2 Å². The van der Waals surface area contributed by atoms with E-state index in [1.807, 2.05) is 60.7 Å². The number of aromatic nitrogens is 2. The molecule has 0 saturated heterocycles. The SMILES string of the molecule is N#CC1=C(N)Oc2n[nH]c(-c3ccc(Cl)cc3)c2[C@H]1c1cccc(OCc2ccccc2Cl)c1. The molecule has 1 aliphatic heterocycles. The van der Waals surface area contributed by atoms with Crippen molar-refractivity contribution in [3.8, 4) is 29.0 Å². The summed E-state index contributed by atoms with van der Waals surface area (Å²) in [5.74, 6) is 0.491. The fourth-order valence-corrected chi connectivity index (χ4v) is 4.29. The predicted molar refractivity (Wildman–Crippen MR) is 131 cm³/mol. The van der Waals surface area contributed by atoms with Gasteiger partial charge in [-0.3, -0.25) is 5.10 Å². The van der Waals surface area contributed by atoms with E-state index in [-0.39, 0.29) is 5.88 Å². The zero-order chi connectivity index (χ0) is 23.7. The van der Waals surface area contributed by atoms with Crippen LogP contribution >= 0.6 is 23.2 Å². The molecule has 34 heavy (non-hydrogen) atoms. The Labute approximate surface area is 206 Å². The number of nitrogens with two attached hydrogens (primary N) is 1. The Hall–Kier alpha value is -3.92. The normalized spacial score (nSPS) is 14.8. The summed E-state index contributed by atoms with van der Waals surface area (Å²) in [6.45, 7) is 0.312. The Morgan fingerprint density at radius 3 is 2.62 bits per heavy atom. The summed E-state index contributed by atoms with van der Waals surface area (Å²) in [4.78, 5) is 0. The smallest absolute Gasteiger partial charge is 0.244 e. The van der Waals surface area contributed by atoms with Crippen LogP contribution in [0.25, 0.3) is 11.3 Å². The van der Waals surface area contributed by atoms with Gasteiger partial charge in [0.2, 0.25) is 11.8 Å². The quantitative estimate of drug-likeness (QED) is 0.349. The van der Waals surface area contributed by atoms with Crippen LogP contribution in [0, 0.1) is 11.3 Å². The first-order valence-corrected chi connectivity index (χ1v) is 11.2. The van der Waals surface area contributed by atoms with Crippen LogP contribution in [0.4, 0.5) is 0 Å². The highest BCUT2D eigenvalue weighted by Gasteiger charge is 2.35. The van der Waals surface area contributed by atoms with Gasteiger partial charge in [0, 0.05) is 21.2 Å². The first-order valence-electron chi connectivity index (χ1n) is 10.4. The maximum atomic E-state index is 9.94. The van der Waals surface area contributed by atoms with Crippen LogP contribution in [-0.2, 0) is 6.61 Å². The average molecular weight is 489 g/mol. The van der Waals surface area contributed by atoms with Gasteiger partial charge in [-0.15, -0.1) is 5.10 Å². The molecule has 1 aliphatic rings. The Morgan fingerprint density at radius 2 is 1.85 bits per heavy atom. The molecule has 0 unspecified atom stereocenters. The third kappa shape index (κ3) is 4.08. The van der Waals surface area contributed by atoms with Gasteiger partial charge in [-0.25, -0.2) is 0 Å². The van der Waals surface area contributed by atoms with E-state index in [0.29, 0.717) is 33.9 Å². The van der Waals surface area contributed by atoms with Crippen molar-refractivity contribution in [3.05, 3.63) is 111 Å². The number of H-pyrrole nitrogens is 1. The van der Waals surface area contributed by atoms with Crippen LogP contribution in [0.15, 0.2) is 84.3 Å². The van der Waals surface area contributed by atoms with Crippen LogP contribution in [-0.4, -0.2) is 10.2 Å². The predicted octanol–water partition coefficient (Wildman–Crippen LogP) is 6.18. The molecular formula is C26H18Cl2N4O2. The van der Waals surface area contributed by atoms with Crippen LogP contribution in [0.3, 0.4) is 0 Å². The van der Waals surface area contributed by atoms with Crippen molar-refractivity contribution in [1.29, 1.82) is 5.26 Å². The highest BCUT2D eigenvalue weighted by atomic mass is 35.5. The van der Waals surface area contributed by atoms with Crippen molar-refractivity contribution in [1.82, 2.24) is 10.2 Å². The maximum absolute atomic E-state index is 9.94. The summed E-state index contributed by atoms with van der Waals surface area (Å²) in [7, 11) is 0. The number of nitriles is 1. The van der Waals surface area contributed by atoms with Gasteiger partial charge < -0.3 is 15.2 Å². The Morgan fingerprint density at radius 1 is 1.06 bits per heavy atom. The molecule has 1 atom stereocenters. The number of rotatable bonds is 5. The molecule has 2 heterocycles. The van der Waals surface area contributed by atoms with E-state index < -0.39 is 5.92 Å². The van der Waals surface area contributed by atoms with E-state index in [4.69, 9.17) is 38.4 Å². The summed E-state index contributed by atoms with van der Waals surface area (Å²) in [6, 6.07) is 24.6. The fraction of sp³-hybridized carbons (Fsp3) is 0.0769. The summed E-state index contributed by atoms with van der Waals surface area (Å²) in [5.41, 5.74) is 10.4. The molecule has 8 heteroatoms. The van der Waals surface area contributed by atoms with Crippen LogP contribution in [0.2, 0.25) is 10.0 Å². The summed E-state index contributed by atoms with van der Waals surface area (Å²) < 4.78 is 11.7. The first-order chi connectivity index (χ1) is 16.5. The molecule has 0 aliphatic carbocycles. The standard InChI is InChI=1S/C26H18Cl2N4O2/c27-18-10-8-15(9-11-18)24-23-22(20(13-29)25(30)34-26(23)32-31-24)16-5-3-6-19(12-16)33-14-17-4-1-2-7-21(17)28/h1-12,22H,14,30H2,(H,31,32)/t22-/m0/s1. The second-order valence-electron chi connectivity index (χ2n) is 7.70. The second-order valence-corrected chi connectivity index (χ2v) is 8.55. The summed E-state index contributed by atoms with van der Waals surface area (Å²) >= 11 is 12.3. The summed E-state index contributed by atoms with van der Waals surface area (Å²) in [6.07, 6.45) is 0. The van der Waals surface area contributed by atoms with Crippen LogP contribution in [0.1, 0.15) is 22.6 Å². The van der Waals surface area contributed by atoms with Gasteiger partial charge in [-0.05, 0) is 35.9 Å². The molecular weight excluding hydrogens is 471 g/mol. The number of benzene rings is 3. The molecule has 0 fully saturated rings. The maximum Gasteiger partial charge on any atom is 0.244 e. The fourth-order valence-electron chi connectivity index (χ4n) is 3.98. The lowest BCUT2D eigenvalue weighted by molar-refractivity contribution is 0.306. The number of fused-ring (bicyclic) bond motifs is 1. The molecule has 1 aromatic heterocycles. The van der Waals surface area contributed by atoms with Gasteiger partial charge in [-0.1, -0.05) is 65.7 Å². The van der Waals surface area contributed by atoms with E-state index in [9.17, 15) is 5.26 Å². The molecule has 0 amide bonds. The number of nitrogens with zero attached hydrogens (tertiary/aromatic N) is 2. The number of allylic oxidation sites excluding steroid dienone is 1. The van der Waals surface area contributed by atoms with E-state index in [2.05, 4.69) is 16.3 Å². The van der Waals surface area contributed by atoms with E-state index in [1.54, 1.807) is 12.1 Å². The van der Waals surface area contributed by atoms with Crippen molar-refractivity contribution in [2.75, 3.05) is 0 Å². The zero-order valence-corrected chi connectivity index (χ0v) is 19.3. The Bertz CT molecular complexity index is 1440. The number of hydrogen-bond donors (Lipinski definition) is 2. The number of aromatic amines is 1. The zero-order valence-electron chi connectivity index (χ0n) is 17.8. The van der Waals surface area contributed by atoms with Gasteiger partial charge in [-0.2, -0.15) is 5.26 Å². The summed E-state index contributed by atoms with van der Waals surface area (Å²) in [5, 5.41) is 18.5. The lowest BCUT2D eigenvalue weighted by Gasteiger charge is -2.24. The lowest BCUT2D eigenvalue weighted by atomic mass is 9.83. The minimum absolute atomic E-state index is 0.0246. The molecule has 3 N–H and O–H groups in total. The van der Waals surface area contributed by atoms with Gasteiger partial charge in [0.15, 0.2) is 0 Å². The van der Waals surface area contributed by atoms with E-state index >= 15 is 0 Å². The molecule has 0 saturated carbocycles. The average Bonchev–Trinajstić information content (AvgIpc) is 3.26. The molecule has 0 spiro atoms. The molecule has 0 radical (unpaired) electrons. The van der Waals surface area contributed by atoms with Crippen molar-refractivity contribution in [2.45, 2.75) is 12.5 Å². The van der Waals surface area contributed by atoms with Crippen LogP contribution in [0.5, 0.6) is 11.6 Å². The Balaban J connectivity index is 1.55. The van der Waals surface area contributed by atoms with Gasteiger partial charge in [0.05, 0.1) is 17.2 Å². The molecule has 3 aromatic carbocycles. The first kappa shape index (κ1) is 21.9. The van der Waals surface area contributed by atoms with Gasteiger partial charge >= 0.3 is 0 Å². The van der Waals surface area contributed by atoms with E-state index in [1.165, 1.54) is 0 Å². The van der Waals surface area contributed by atoms with Crippen molar-refractivity contribution < 1.29 is 9.47 Å². The number of ether oxygens (including phenoxy) is 2. The second kappa shape index (κ2) is 9.14. The molecule has 0 bridgehead atoms. The minimum atomic E-state index is -0.498. The van der Waals surface area contributed by atoms with E-state index in [0.717, 1.165) is 27.9 Å². The van der Waals surface area contributed by atoms with Gasteiger partial charge in [0.25, 0.3) is 0 Å². The molecule has 4 aromatic rings. The third-order valence-electron chi connectivity index (χ3n) is 5.62. The topological polar surface area (TPSA) is 97.0 Å². The number of nitrogens with one attached hydrogen (secondary N) is 1. The number of hydrogen-bond acceptors (Lipinski definition) is 5. The van der Waals surface area contributed by atoms with Gasteiger partial charge in [0.1, 0.15) is 24.0 Å². The Kier molecular flexibility index (Phi) is 5.89. The third-order valence-corrected chi connectivity index (χ3v) is 6.24. The molecule has 168 valence electrons. The largest absolute Gasteiger partial charge is 0.489 e.